The monoisotopic (exact) mass is 288 g/mol. The van der Waals surface area contributed by atoms with E-state index in [-0.39, 0.29) is 17.9 Å². The van der Waals surface area contributed by atoms with E-state index in [4.69, 9.17) is 9.47 Å². The Bertz CT molecular complexity index is 311. The van der Waals surface area contributed by atoms with Gasteiger partial charge in [0.1, 0.15) is 11.6 Å². The molecular weight excluding hydrogens is 260 g/mol. The topological polar surface area (TPSA) is 76.7 Å². The summed E-state index contributed by atoms with van der Waals surface area (Å²) in [5.41, 5.74) is -0.490. The Morgan fingerprint density at radius 1 is 1.15 bits per heavy atom. The van der Waals surface area contributed by atoms with E-state index < -0.39 is 11.7 Å². The zero-order chi connectivity index (χ0) is 15.8. The molecule has 0 unspecified atom stereocenters. The molecule has 0 saturated carbocycles. The van der Waals surface area contributed by atoms with Crippen molar-refractivity contribution in [2.24, 2.45) is 5.92 Å². The minimum atomic E-state index is -0.490. The number of carbonyl (C=O) groups excluding carboxylic acids is 2. The van der Waals surface area contributed by atoms with Gasteiger partial charge in [0.05, 0.1) is 7.11 Å². The summed E-state index contributed by atoms with van der Waals surface area (Å²) < 4.78 is 9.85. The number of methoxy groups -OCH3 is 1. The molecule has 0 rings (SSSR count). The molecule has 0 radical (unpaired) electrons. The molecule has 0 bridgehead atoms. The van der Waals surface area contributed by atoms with Gasteiger partial charge in [0, 0.05) is 6.54 Å². The maximum Gasteiger partial charge on any atom is 0.407 e. The van der Waals surface area contributed by atoms with E-state index in [1.165, 1.54) is 7.11 Å². The Balaban J connectivity index is 3.85. The predicted molar refractivity (Wildman–Crippen MR) is 77.5 cm³/mol. The Morgan fingerprint density at radius 2 is 1.75 bits per heavy atom. The standard InChI is InChI=1S/C14H28N2O4/c1-10(2)11(12(17)19-6)15-8-7-9-16-13(18)20-14(3,4)5/h10-11,15H,7-9H2,1-6H3,(H,16,18)/t11-/m0/s1. The third-order valence-corrected chi connectivity index (χ3v) is 2.51. The van der Waals surface area contributed by atoms with Crippen LogP contribution in [0.5, 0.6) is 0 Å². The van der Waals surface area contributed by atoms with Gasteiger partial charge < -0.3 is 20.1 Å². The summed E-state index contributed by atoms with van der Waals surface area (Å²) >= 11 is 0. The Labute approximate surface area is 121 Å². The molecule has 0 fully saturated rings. The molecule has 2 N–H and O–H groups in total. The highest BCUT2D eigenvalue weighted by atomic mass is 16.6. The third-order valence-electron chi connectivity index (χ3n) is 2.51. The van der Waals surface area contributed by atoms with Gasteiger partial charge in [-0.25, -0.2) is 4.79 Å². The van der Waals surface area contributed by atoms with Crippen LogP contribution in [0.2, 0.25) is 0 Å². The molecule has 0 aliphatic heterocycles. The van der Waals surface area contributed by atoms with Gasteiger partial charge in [-0.05, 0) is 39.7 Å². The average molecular weight is 288 g/mol. The van der Waals surface area contributed by atoms with Crippen LogP contribution in [0.1, 0.15) is 41.0 Å². The SMILES string of the molecule is COC(=O)[C@@H](NCCCNC(=O)OC(C)(C)C)C(C)C. The van der Waals surface area contributed by atoms with Gasteiger partial charge >= 0.3 is 12.1 Å². The number of ether oxygens (including phenoxy) is 2. The number of hydrogen-bond acceptors (Lipinski definition) is 5. The highest BCUT2D eigenvalue weighted by Crippen LogP contribution is 2.06. The number of nitrogens with one attached hydrogen (secondary N) is 2. The average Bonchev–Trinajstić information content (AvgIpc) is 2.30. The van der Waals surface area contributed by atoms with Crippen molar-refractivity contribution in [2.75, 3.05) is 20.2 Å². The summed E-state index contributed by atoms with van der Waals surface area (Å²) in [6, 6.07) is -0.318. The first kappa shape index (κ1) is 18.7. The molecular formula is C14H28N2O4. The van der Waals surface area contributed by atoms with Gasteiger partial charge in [0.15, 0.2) is 0 Å². The molecule has 6 heteroatoms. The third kappa shape index (κ3) is 8.74. The van der Waals surface area contributed by atoms with Crippen LogP contribution in [0.4, 0.5) is 4.79 Å². The fourth-order valence-electron chi connectivity index (χ4n) is 1.57. The first-order valence-electron chi connectivity index (χ1n) is 6.95. The fraction of sp³-hybridized carbons (Fsp3) is 0.857. The quantitative estimate of drug-likeness (QED) is 0.550. The summed E-state index contributed by atoms with van der Waals surface area (Å²) in [5, 5.41) is 5.79. The van der Waals surface area contributed by atoms with Crippen LogP contribution in [0.25, 0.3) is 0 Å². The molecule has 0 aromatic rings. The number of alkyl carbamates (subject to hydrolysis) is 1. The molecule has 1 atom stereocenters. The Hall–Kier alpha value is -1.30. The fourth-order valence-corrected chi connectivity index (χ4v) is 1.57. The smallest absolute Gasteiger partial charge is 0.407 e. The zero-order valence-electron chi connectivity index (χ0n) is 13.4. The minimum Gasteiger partial charge on any atom is -0.468 e. The summed E-state index contributed by atoms with van der Waals surface area (Å²) in [5.74, 6) is -0.110. The van der Waals surface area contributed by atoms with Gasteiger partial charge in [0.2, 0.25) is 0 Å². The van der Waals surface area contributed by atoms with E-state index in [1.54, 1.807) is 0 Å². The number of amides is 1. The van der Waals surface area contributed by atoms with Crippen molar-refractivity contribution in [3.63, 3.8) is 0 Å². The van der Waals surface area contributed by atoms with Crippen molar-refractivity contribution in [1.82, 2.24) is 10.6 Å². The maximum atomic E-state index is 11.5. The number of hydrogen-bond donors (Lipinski definition) is 2. The minimum absolute atomic E-state index is 0.154. The second kappa shape index (κ2) is 8.79. The molecule has 6 nitrogen and oxygen atoms in total. The van der Waals surface area contributed by atoms with E-state index in [2.05, 4.69) is 10.6 Å². The molecule has 118 valence electrons. The lowest BCUT2D eigenvalue weighted by Gasteiger charge is -2.21. The van der Waals surface area contributed by atoms with Crippen molar-refractivity contribution >= 4 is 12.1 Å². The van der Waals surface area contributed by atoms with Crippen LogP contribution in [-0.2, 0) is 14.3 Å². The van der Waals surface area contributed by atoms with E-state index in [1.807, 2.05) is 34.6 Å². The van der Waals surface area contributed by atoms with E-state index in [0.717, 1.165) is 0 Å². The Kier molecular flexibility index (Phi) is 8.22. The number of esters is 1. The van der Waals surface area contributed by atoms with Crippen molar-refractivity contribution < 1.29 is 19.1 Å². The van der Waals surface area contributed by atoms with Gasteiger partial charge in [-0.2, -0.15) is 0 Å². The van der Waals surface area contributed by atoms with Gasteiger partial charge in [-0.15, -0.1) is 0 Å². The Morgan fingerprint density at radius 3 is 2.20 bits per heavy atom. The lowest BCUT2D eigenvalue weighted by Crippen LogP contribution is -2.43. The molecule has 0 spiro atoms. The molecule has 0 saturated heterocycles. The summed E-state index contributed by atoms with van der Waals surface area (Å²) in [7, 11) is 1.38. The summed E-state index contributed by atoms with van der Waals surface area (Å²) in [6.45, 7) is 10.5. The summed E-state index contributed by atoms with van der Waals surface area (Å²) in [6.07, 6.45) is 0.283. The molecule has 0 aromatic heterocycles. The van der Waals surface area contributed by atoms with Crippen LogP contribution >= 0.6 is 0 Å². The zero-order valence-corrected chi connectivity index (χ0v) is 13.4. The van der Waals surface area contributed by atoms with Crippen LogP contribution < -0.4 is 10.6 Å². The largest absolute Gasteiger partial charge is 0.468 e. The second-order valence-electron chi connectivity index (χ2n) is 5.98. The molecule has 0 aliphatic rings. The predicted octanol–water partition coefficient (Wildman–Crippen LogP) is 1.69. The molecule has 1 amide bonds. The molecule has 0 aromatic carbocycles. The van der Waals surface area contributed by atoms with Crippen LogP contribution in [0, 0.1) is 5.92 Å². The number of carbonyl (C=O) groups is 2. The first-order valence-corrected chi connectivity index (χ1v) is 6.95. The van der Waals surface area contributed by atoms with Crippen molar-refractivity contribution in [3.05, 3.63) is 0 Å². The van der Waals surface area contributed by atoms with Crippen molar-refractivity contribution in [1.29, 1.82) is 0 Å². The lowest BCUT2D eigenvalue weighted by molar-refractivity contribution is -0.144. The van der Waals surface area contributed by atoms with Crippen molar-refractivity contribution in [3.8, 4) is 0 Å². The highest BCUT2D eigenvalue weighted by molar-refractivity contribution is 5.75. The van der Waals surface area contributed by atoms with Crippen LogP contribution in [-0.4, -0.2) is 43.9 Å². The lowest BCUT2D eigenvalue weighted by atomic mass is 10.0. The van der Waals surface area contributed by atoms with Gasteiger partial charge in [-0.3, -0.25) is 4.79 Å². The van der Waals surface area contributed by atoms with E-state index in [9.17, 15) is 9.59 Å². The first-order chi connectivity index (χ1) is 9.17. The molecule has 0 aliphatic carbocycles. The molecule has 0 heterocycles. The van der Waals surface area contributed by atoms with Crippen LogP contribution in [0.15, 0.2) is 0 Å². The molecule has 20 heavy (non-hydrogen) atoms. The van der Waals surface area contributed by atoms with E-state index in [0.29, 0.717) is 19.5 Å². The highest BCUT2D eigenvalue weighted by Gasteiger charge is 2.21. The van der Waals surface area contributed by atoms with Crippen LogP contribution in [0.3, 0.4) is 0 Å². The second-order valence-corrected chi connectivity index (χ2v) is 5.98. The van der Waals surface area contributed by atoms with Gasteiger partial charge in [-0.1, -0.05) is 13.8 Å². The maximum absolute atomic E-state index is 11.5. The van der Waals surface area contributed by atoms with Crippen molar-refractivity contribution in [2.45, 2.75) is 52.7 Å². The van der Waals surface area contributed by atoms with E-state index >= 15 is 0 Å². The summed E-state index contributed by atoms with van der Waals surface area (Å²) in [4.78, 5) is 22.9. The normalized spacial score (nSPS) is 12.9. The number of rotatable bonds is 7. The van der Waals surface area contributed by atoms with Gasteiger partial charge in [0.25, 0.3) is 0 Å².